The average molecular weight is 569 g/mol. The summed E-state index contributed by atoms with van der Waals surface area (Å²) in [5.74, 6) is 0. The Hall–Kier alpha value is 0.498. The molecule has 0 radical (unpaired) electrons. The van der Waals surface area contributed by atoms with E-state index in [2.05, 4.69) is 72.1 Å². The smallest absolute Gasteiger partial charge is 0.343 e. The van der Waals surface area contributed by atoms with Crippen molar-refractivity contribution in [2.75, 3.05) is 0 Å². The third kappa shape index (κ3) is 12.8. The minimum atomic E-state index is -2.77. The summed E-state index contributed by atoms with van der Waals surface area (Å²) in [5, 5.41) is 0. The summed E-state index contributed by atoms with van der Waals surface area (Å²) in [5.41, 5.74) is 5.68. The van der Waals surface area contributed by atoms with Crippen LogP contribution in [0.3, 0.4) is 0 Å². The maximum atomic E-state index is 6.61. The van der Waals surface area contributed by atoms with Crippen LogP contribution in [0.2, 0.25) is 85.1 Å². The molecule has 0 atom stereocenters. The van der Waals surface area contributed by atoms with Crippen molar-refractivity contribution in [3.8, 4) is 0 Å². The van der Waals surface area contributed by atoms with E-state index < -0.39 is 59.4 Å². The highest BCUT2D eigenvalue weighted by Gasteiger charge is 2.48. The SMILES string of the molecule is C=C[Si](C)(C)O[Si](C)(C)O[Si](C)(C)O[Si](C)(C=C)O[Si](C)(C)O[Si](C)(C)O[Si](C)(C)C=C. The van der Waals surface area contributed by atoms with E-state index in [1.165, 1.54) is 0 Å². The molecule has 0 aromatic carbocycles. The summed E-state index contributed by atoms with van der Waals surface area (Å²) in [6.45, 7) is 38.8. The lowest BCUT2D eigenvalue weighted by molar-refractivity contribution is 0.275. The van der Waals surface area contributed by atoms with Gasteiger partial charge in [-0.05, 0) is 85.1 Å². The minimum absolute atomic E-state index is 1.82. The molecule has 0 saturated carbocycles. The first-order valence-corrected chi connectivity index (χ1v) is 30.7. The normalized spacial score (nSPS) is 14.9. The van der Waals surface area contributed by atoms with E-state index in [-0.39, 0.29) is 0 Å². The molecule has 0 spiro atoms. The lowest BCUT2D eigenvalue weighted by Gasteiger charge is -2.43. The zero-order valence-electron chi connectivity index (χ0n) is 22.8. The predicted octanol–water partition coefficient (Wildman–Crippen LogP) is 6.55. The van der Waals surface area contributed by atoms with E-state index in [0.717, 1.165) is 0 Å². The van der Waals surface area contributed by atoms with Gasteiger partial charge >= 0.3 is 42.8 Å². The lowest BCUT2D eigenvalue weighted by atomic mass is 11.3. The first-order valence-electron chi connectivity index (χ1n) is 11.0. The average Bonchev–Trinajstić information content (AvgIpc) is 2.48. The molecule has 0 rings (SSSR count). The van der Waals surface area contributed by atoms with Crippen LogP contribution in [0, 0.1) is 0 Å². The molecule has 0 fully saturated rings. The molecule has 13 heteroatoms. The van der Waals surface area contributed by atoms with Crippen LogP contribution in [-0.2, 0) is 24.7 Å². The van der Waals surface area contributed by atoms with Crippen molar-refractivity contribution in [1.82, 2.24) is 0 Å². The van der Waals surface area contributed by atoms with E-state index in [9.17, 15) is 0 Å². The maximum Gasteiger partial charge on any atom is 0.343 e. The molecule has 0 unspecified atom stereocenters. The molecule has 0 aliphatic heterocycles. The second-order valence-corrected chi connectivity index (χ2v) is 36.8. The van der Waals surface area contributed by atoms with Gasteiger partial charge in [0.1, 0.15) is 0 Å². The fraction of sp³-hybridized carbons (Fsp3) is 0.684. The van der Waals surface area contributed by atoms with Gasteiger partial charge in [-0.3, -0.25) is 0 Å². The van der Waals surface area contributed by atoms with Crippen LogP contribution in [0.15, 0.2) is 36.8 Å². The Morgan fingerprint density at radius 3 is 0.844 bits per heavy atom. The van der Waals surface area contributed by atoms with Gasteiger partial charge in [-0.2, -0.15) is 0 Å². The molecule has 0 aromatic rings. The highest BCUT2D eigenvalue weighted by molar-refractivity contribution is 6.94. The standard InChI is InChI=1S/C19H48O6Si7/c1-17-26(4,5)20-28(8,9)22-30(12,13)24-32(16,19-3)25-31(14,15)23-29(10,11)21-27(6,7)18-2/h17-19H,1-3H2,4-16H3. The van der Waals surface area contributed by atoms with Gasteiger partial charge in [-0.15, -0.1) is 19.7 Å². The molecular formula is C19H48O6Si7. The van der Waals surface area contributed by atoms with Gasteiger partial charge in [0.2, 0.25) is 0 Å². The van der Waals surface area contributed by atoms with Crippen molar-refractivity contribution < 1.29 is 24.7 Å². The fourth-order valence-electron chi connectivity index (χ4n) is 3.70. The Balaban J connectivity index is 5.46. The van der Waals surface area contributed by atoms with Gasteiger partial charge in [0.05, 0.1) is 0 Å². The van der Waals surface area contributed by atoms with Crippen molar-refractivity contribution in [2.24, 2.45) is 0 Å². The van der Waals surface area contributed by atoms with Crippen LogP contribution in [0.4, 0.5) is 0 Å². The summed E-state index contributed by atoms with van der Waals surface area (Å²) < 4.78 is 39.1. The second kappa shape index (κ2) is 11.0. The molecule has 0 saturated heterocycles. The molecule has 0 aromatic heterocycles. The van der Waals surface area contributed by atoms with Crippen LogP contribution in [0.25, 0.3) is 0 Å². The third-order valence-corrected chi connectivity index (χ3v) is 30.1. The fourth-order valence-corrected chi connectivity index (χ4v) is 35.2. The van der Waals surface area contributed by atoms with E-state index in [0.29, 0.717) is 0 Å². The predicted molar refractivity (Wildman–Crippen MR) is 154 cm³/mol. The van der Waals surface area contributed by atoms with Gasteiger partial charge in [0, 0.05) is 0 Å². The van der Waals surface area contributed by atoms with Crippen LogP contribution < -0.4 is 0 Å². The first-order chi connectivity index (χ1) is 13.9. The topological polar surface area (TPSA) is 55.4 Å². The molecule has 32 heavy (non-hydrogen) atoms. The van der Waals surface area contributed by atoms with E-state index in [4.69, 9.17) is 24.7 Å². The minimum Gasteiger partial charge on any atom is -0.433 e. The van der Waals surface area contributed by atoms with Crippen molar-refractivity contribution in [3.63, 3.8) is 0 Å². The second-order valence-electron chi connectivity index (χ2n) is 11.0. The summed E-state index contributed by atoms with van der Waals surface area (Å²) in [4.78, 5) is 0. The Kier molecular flexibility index (Phi) is 11.2. The first kappa shape index (κ1) is 32.5. The van der Waals surface area contributed by atoms with Crippen molar-refractivity contribution in [2.45, 2.75) is 85.1 Å². The third-order valence-electron chi connectivity index (χ3n) is 4.25. The van der Waals surface area contributed by atoms with Crippen molar-refractivity contribution in [3.05, 3.63) is 36.8 Å². The van der Waals surface area contributed by atoms with Crippen molar-refractivity contribution in [1.29, 1.82) is 0 Å². The van der Waals surface area contributed by atoms with Gasteiger partial charge in [-0.1, -0.05) is 17.1 Å². The largest absolute Gasteiger partial charge is 0.433 e. The van der Waals surface area contributed by atoms with Gasteiger partial charge in [-0.25, -0.2) is 0 Å². The quantitative estimate of drug-likeness (QED) is 0.209. The Morgan fingerprint density at radius 2 is 0.625 bits per heavy atom. The number of hydrogen-bond acceptors (Lipinski definition) is 6. The van der Waals surface area contributed by atoms with E-state index in [1.54, 1.807) is 0 Å². The molecule has 0 heterocycles. The number of rotatable bonds is 15. The zero-order chi connectivity index (χ0) is 25.9. The molecule has 6 nitrogen and oxygen atoms in total. The molecular weight excluding hydrogens is 521 g/mol. The van der Waals surface area contributed by atoms with Crippen LogP contribution in [0.5, 0.6) is 0 Å². The van der Waals surface area contributed by atoms with E-state index >= 15 is 0 Å². The molecule has 188 valence electrons. The van der Waals surface area contributed by atoms with Gasteiger partial charge in [0.15, 0.2) is 16.6 Å². The monoisotopic (exact) mass is 568 g/mol. The lowest BCUT2D eigenvalue weighted by Crippen LogP contribution is -2.61. The maximum absolute atomic E-state index is 6.61. The molecule has 0 aliphatic rings. The van der Waals surface area contributed by atoms with Crippen LogP contribution in [0.1, 0.15) is 0 Å². The summed E-state index contributed by atoms with van der Waals surface area (Å²) in [6, 6.07) is 0. The molecule has 0 N–H and O–H groups in total. The van der Waals surface area contributed by atoms with Gasteiger partial charge in [0.25, 0.3) is 0 Å². The molecule has 0 bridgehead atoms. The summed E-state index contributed by atoms with van der Waals surface area (Å²) >= 11 is 0. The Bertz CT molecular complexity index is 627. The van der Waals surface area contributed by atoms with Crippen LogP contribution in [-0.4, -0.2) is 59.4 Å². The zero-order valence-corrected chi connectivity index (χ0v) is 29.8. The van der Waals surface area contributed by atoms with E-state index in [1.807, 2.05) is 49.8 Å². The highest BCUT2D eigenvalue weighted by atomic mass is 28.5. The summed E-state index contributed by atoms with van der Waals surface area (Å²) in [7, 11) is -16.7. The number of hydrogen-bond donors (Lipinski definition) is 0. The highest BCUT2D eigenvalue weighted by Crippen LogP contribution is 2.29. The molecule has 0 aliphatic carbocycles. The summed E-state index contributed by atoms with van der Waals surface area (Å²) in [6.07, 6.45) is 0. The van der Waals surface area contributed by atoms with Gasteiger partial charge < -0.3 is 24.7 Å². The Labute approximate surface area is 205 Å². The van der Waals surface area contributed by atoms with Crippen LogP contribution >= 0.6 is 0 Å². The molecule has 0 amide bonds. The van der Waals surface area contributed by atoms with Crippen molar-refractivity contribution >= 4 is 59.4 Å². The Morgan fingerprint density at radius 1 is 0.375 bits per heavy atom.